The van der Waals surface area contributed by atoms with Gasteiger partial charge in [-0.3, -0.25) is 9.59 Å². The van der Waals surface area contributed by atoms with Crippen LogP contribution in [0, 0.1) is 17.8 Å². The van der Waals surface area contributed by atoms with Crippen LogP contribution in [0.3, 0.4) is 0 Å². The van der Waals surface area contributed by atoms with Gasteiger partial charge in [0.2, 0.25) is 0 Å². The van der Waals surface area contributed by atoms with Crippen LogP contribution < -0.4 is 8.92 Å². The zero-order chi connectivity index (χ0) is 28.3. The van der Waals surface area contributed by atoms with E-state index in [-0.39, 0.29) is 38.8 Å². The van der Waals surface area contributed by atoms with Crippen LogP contribution in [-0.4, -0.2) is 27.1 Å². The van der Waals surface area contributed by atoms with Gasteiger partial charge in [0, 0.05) is 42.7 Å². The third-order valence-electron chi connectivity index (χ3n) is 7.61. The molecule has 3 aliphatic rings. The van der Waals surface area contributed by atoms with Crippen molar-refractivity contribution in [2.75, 3.05) is 7.11 Å². The van der Waals surface area contributed by atoms with Crippen LogP contribution in [0.4, 0.5) is 0 Å². The summed E-state index contributed by atoms with van der Waals surface area (Å²) in [4.78, 5) is 27.1. The molecular weight excluding hydrogens is 516 g/mol. The quantitative estimate of drug-likeness (QED) is 0.411. The van der Waals surface area contributed by atoms with Crippen molar-refractivity contribution in [2.45, 2.75) is 71.1 Å². The highest BCUT2D eigenvalue weighted by atomic mass is 32.2. The Morgan fingerprint density at radius 3 is 1.85 bits per heavy atom. The lowest BCUT2D eigenvalue weighted by Gasteiger charge is -2.42. The summed E-state index contributed by atoms with van der Waals surface area (Å²) in [6.07, 6.45) is 1.87. The van der Waals surface area contributed by atoms with E-state index in [0.717, 1.165) is 5.56 Å². The van der Waals surface area contributed by atoms with E-state index in [1.807, 2.05) is 34.6 Å². The lowest BCUT2D eigenvalue weighted by molar-refractivity contribution is -0.120. The van der Waals surface area contributed by atoms with Gasteiger partial charge in [-0.2, -0.15) is 8.42 Å². The molecule has 1 heterocycles. The number of hydrogen-bond acceptors (Lipinski definition) is 7. The molecule has 2 aromatic rings. The van der Waals surface area contributed by atoms with Crippen LogP contribution >= 0.6 is 0 Å². The number of Topliss-reactive ketones (excluding diaryl/α,β-unsaturated/α-hetero) is 2. The first-order chi connectivity index (χ1) is 18.2. The van der Waals surface area contributed by atoms with Crippen molar-refractivity contribution in [2.24, 2.45) is 10.8 Å². The molecule has 206 valence electrons. The number of carbonyl (C=O) groups excluding carboxylic acids is 2. The Labute approximate surface area is 230 Å². The van der Waals surface area contributed by atoms with Crippen molar-refractivity contribution < 1.29 is 31.7 Å². The summed E-state index contributed by atoms with van der Waals surface area (Å²) < 4.78 is 43.3. The van der Waals surface area contributed by atoms with Crippen molar-refractivity contribution in [1.82, 2.24) is 0 Å². The summed E-state index contributed by atoms with van der Waals surface area (Å²) in [5.74, 6) is 0.732. The molecule has 1 aliphatic heterocycles. The Morgan fingerprint density at radius 2 is 1.33 bits per heavy atom. The Balaban J connectivity index is 1.60. The molecule has 0 saturated heterocycles. The van der Waals surface area contributed by atoms with Crippen LogP contribution in [-0.2, 0) is 24.4 Å². The third kappa shape index (κ3) is 5.14. The molecule has 2 aliphatic carbocycles. The highest BCUT2D eigenvalue weighted by Gasteiger charge is 2.48. The average Bonchev–Trinajstić information content (AvgIpc) is 2.81. The number of benzene rings is 2. The second-order valence-electron chi connectivity index (χ2n) is 12.4. The van der Waals surface area contributed by atoms with E-state index < -0.39 is 16.0 Å². The highest BCUT2D eigenvalue weighted by Crippen LogP contribution is 2.53. The molecule has 2 aromatic carbocycles. The summed E-state index contributed by atoms with van der Waals surface area (Å²) in [6.45, 7) is 10.0. The maximum atomic E-state index is 13.5. The van der Waals surface area contributed by atoms with Gasteiger partial charge in [0.15, 0.2) is 23.1 Å². The van der Waals surface area contributed by atoms with Crippen LogP contribution in [0.15, 0.2) is 70.0 Å². The fourth-order valence-corrected chi connectivity index (χ4v) is 6.75. The lowest BCUT2D eigenvalue weighted by Crippen LogP contribution is -2.37. The van der Waals surface area contributed by atoms with Gasteiger partial charge in [0.25, 0.3) is 0 Å². The molecule has 5 rings (SSSR count). The average molecular weight is 551 g/mol. The second-order valence-corrected chi connectivity index (χ2v) is 13.9. The van der Waals surface area contributed by atoms with E-state index >= 15 is 0 Å². The summed E-state index contributed by atoms with van der Waals surface area (Å²) in [5.41, 5.74) is 2.07. The van der Waals surface area contributed by atoms with Crippen LogP contribution in [0.25, 0.3) is 0 Å². The van der Waals surface area contributed by atoms with Crippen LogP contribution in [0.2, 0.25) is 0 Å². The number of aryl methyl sites for hydroxylation is 1. The van der Waals surface area contributed by atoms with Crippen molar-refractivity contribution >= 4 is 21.7 Å². The fourth-order valence-electron chi connectivity index (χ4n) is 5.81. The normalized spacial score (nSPS) is 20.8. The molecule has 0 atom stereocenters. The molecule has 0 unspecified atom stereocenters. The van der Waals surface area contributed by atoms with E-state index in [2.05, 4.69) is 0 Å². The smallest absolute Gasteiger partial charge is 0.339 e. The monoisotopic (exact) mass is 550 g/mol. The first-order valence-electron chi connectivity index (χ1n) is 13.1. The molecule has 0 saturated carbocycles. The number of ether oxygens (including phenoxy) is 2. The van der Waals surface area contributed by atoms with Gasteiger partial charge in [-0.1, -0.05) is 51.5 Å². The van der Waals surface area contributed by atoms with E-state index in [1.54, 1.807) is 24.3 Å². The zero-order valence-electron chi connectivity index (χ0n) is 23.2. The third-order valence-corrected chi connectivity index (χ3v) is 8.86. The Morgan fingerprint density at radius 1 is 0.795 bits per heavy atom. The fraction of sp³-hybridized carbons (Fsp3) is 0.419. The molecule has 39 heavy (non-hydrogen) atoms. The summed E-state index contributed by atoms with van der Waals surface area (Å²) in [7, 11) is -2.69. The molecule has 0 fully saturated rings. The maximum absolute atomic E-state index is 13.5. The molecular formula is C31H34O7S. The van der Waals surface area contributed by atoms with E-state index in [9.17, 15) is 18.0 Å². The summed E-state index contributed by atoms with van der Waals surface area (Å²) in [6, 6.07) is 11.2. The first kappa shape index (κ1) is 27.2. The van der Waals surface area contributed by atoms with Crippen molar-refractivity contribution in [3.8, 4) is 11.5 Å². The minimum atomic E-state index is -4.11. The molecule has 0 bridgehead atoms. The van der Waals surface area contributed by atoms with Gasteiger partial charge in [0.1, 0.15) is 16.4 Å². The van der Waals surface area contributed by atoms with E-state index in [4.69, 9.17) is 13.7 Å². The first-order valence-corrected chi connectivity index (χ1v) is 14.5. The van der Waals surface area contributed by atoms with Crippen molar-refractivity contribution in [1.29, 1.82) is 0 Å². The van der Waals surface area contributed by atoms with Crippen molar-refractivity contribution in [3.05, 3.63) is 76.3 Å². The standard InChI is InChI=1S/C31H34O7S/c1-18-7-10-20(11-8-18)39(34,35)38-23-12-9-19(13-24(23)36-6)27-28-21(32)14-30(2,3)16-25(28)37-26-17-31(4,5)15-22(33)29(26)27/h7-13,27H,14-17H2,1-6H3. The minimum Gasteiger partial charge on any atom is -0.493 e. The maximum Gasteiger partial charge on any atom is 0.339 e. The summed E-state index contributed by atoms with van der Waals surface area (Å²) in [5, 5.41) is 0. The zero-order valence-corrected chi connectivity index (χ0v) is 24.0. The highest BCUT2D eigenvalue weighted by molar-refractivity contribution is 7.87. The Hall–Kier alpha value is -3.39. The molecule has 0 amide bonds. The minimum absolute atomic E-state index is 0.0181. The lowest BCUT2D eigenvalue weighted by atomic mass is 9.65. The van der Waals surface area contributed by atoms with Crippen molar-refractivity contribution in [3.63, 3.8) is 0 Å². The number of carbonyl (C=O) groups is 2. The van der Waals surface area contributed by atoms with Crippen LogP contribution in [0.5, 0.6) is 11.5 Å². The van der Waals surface area contributed by atoms with Gasteiger partial charge in [0.05, 0.1) is 7.11 Å². The predicted molar refractivity (Wildman–Crippen MR) is 146 cm³/mol. The summed E-state index contributed by atoms with van der Waals surface area (Å²) >= 11 is 0. The Bertz CT molecular complexity index is 1490. The predicted octanol–water partition coefficient (Wildman–Crippen LogP) is 6.17. The van der Waals surface area contributed by atoms with Gasteiger partial charge in [-0.05, 0) is 47.6 Å². The second kappa shape index (κ2) is 9.37. The Kier molecular flexibility index (Phi) is 6.53. The number of allylic oxidation sites excluding steroid dienone is 4. The van der Waals surface area contributed by atoms with E-state index in [1.165, 1.54) is 25.3 Å². The number of hydrogen-bond donors (Lipinski definition) is 0. The van der Waals surface area contributed by atoms with Gasteiger partial charge < -0.3 is 13.7 Å². The molecule has 7 nitrogen and oxygen atoms in total. The van der Waals surface area contributed by atoms with Crippen LogP contribution in [0.1, 0.15) is 70.4 Å². The number of ketones is 2. The SMILES string of the molecule is COc1cc(C2C3=C(CC(C)(C)CC3=O)OC3=C2C(=O)CC(C)(C)C3)ccc1OS(=O)(=O)c1ccc(C)cc1. The molecule has 8 heteroatoms. The van der Waals surface area contributed by atoms with E-state index in [0.29, 0.717) is 53.9 Å². The molecule has 0 aromatic heterocycles. The topological polar surface area (TPSA) is 96.0 Å². The number of rotatable bonds is 5. The van der Waals surface area contributed by atoms with Gasteiger partial charge >= 0.3 is 10.1 Å². The van der Waals surface area contributed by atoms with Gasteiger partial charge in [-0.25, -0.2) is 0 Å². The molecule has 0 N–H and O–H groups in total. The molecule has 0 radical (unpaired) electrons. The van der Waals surface area contributed by atoms with Gasteiger partial charge in [-0.15, -0.1) is 0 Å². The molecule has 0 spiro atoms. The largest absolute Gasteiger partial charge is 0.493 e. The number of methoxy groups -OCH3 is 1.